The van der Waals surface area contributed by atoms with Crippen LogP contribution in [-0.4, -0.2) is 9.25 Å². The first-order chi connectivity index (χ1) is 25.6. The molecule has 244 valence electrons. The molecule has 1 atom stereocenters. The lowest BCUT2D eigenvalue weighted by Gasteiger charge is -2.39. The molecule has 3 aromatic heterocycles. The van der Waals surface area contributed by atoms with Crippen LogP contribution in [-0.2, 0) is 5.66 Å². The summed E-state index contributed by atoms with van der Waals surface area (Å²) in [6, 6.07) is 53.3. The standard InChI is InChI=1S/C47H33N5/c1-30-26-33(32-14-5-3-6-15-32)27-31(2)43(30)34-28-49-39-20-13-21-40-44(39)47(50(49)29-34)45-41(51(40)35-16-7-4-8-17-35)24-23-37-36-18-9-10-19-38(36)52(46(37)45)42-22-11-12-25-48(42)47/h3-29H,1-2H3/q+2. The van der Waals surface area contributed by atoms with E-state index in [-0.39, 0.29) is 0 Å². The molecule has 3 aliphatic heterocycles. The number of pyridine rings is 1. The minimum Gasteiger partial charge on any atom is -0.309 e. The summed E-state index contributed by atoms with van der Waals surface area (Å²) in [4.78, 5) is 2.48. The van der Waals surface area contributed by atoms with Crippen molar-refractivity contribution >= 4 is 38.9 Å². The zero-order chi connectivity index (χ0) is 34.3. The molecule has 0 bridgehead atoms. The van der Waals surface area contributed by atoms with Crippen molar-refractivity contribution in [2.45, 2.75) is 19.5 Å². The van der Waals surface area contributed by atoms with Crippen molar-refractivity contribution in [3.8, 4) is 33.8 Å². The third-order valence-corrected chi connectivity index (χ3v) is 11.7. The molecule has 3 aliphatic rings. The van der Waals surface area contributed by atoms with Gasteiger partial charge in [0.1, 0.15) is 22.3 Å². The van der Waals surface area contributed by atoms with Crippen LogP contribution in [0.5, 0.6) is 0 Å². The van der Waals surface area contributed by atoms with Crippen molar-refractivity contribution in [3.63, 3.8) is 0 Å². The normalized spacial score (nSPS) is 15.9. The molecule has 0 N–H and O–H groups in total. The first-order valence-electron chi connectivity index (χ1n) is 18.0. The quantitative estimate of drug-likeness (QED) is 0.172. The SMILES string of the molecule is Cc1cc(-c2ccccc2)cc(C)c1-c1cn2[n+](c1)C13c4c(cccc4-2)N(c2ccccc2)c2ccc4c5ccccc5n(c4c21)-c1cccc[n+]13. The van der Waals surface area contributed by atoms with Crippen molar-refractivity contribution in [2.75, 3.05) is 4.90 Å². The van der Waals surface area contributed by atoms with E-state index in [0.29, 0.717) is 0 Å². The smallest absolute Gasteiger partial charge is 0.309 e. The van der Waals surface area contributed by atoms with Gasteiger partial charge in [-0.05, 0) is 96.3 Å². The molecule has 52 heavy (non-hydrogen) atoms. The van der Waals surface area contributed by atoms with Crippen molar-refractivity contribution in [3.05, 3.63) is 186 Å². The Hall–Kier alpha value is -6.72. The number of para-hydroxylation sites is 2. The second kappa shape index (κ2) is 9.74. The maximum atomic E-state index is 2.53. The molecule has 0 aliphatic carbocycles. The Labute approximate surface area is 301 Å². The van der Waals surface area contributed by atoms with Crippen LogP contribution in [0.2, 0.25) is 0 Å². The molecule has 5 heteroatoms. The lowest BCUT2D eigenvalue weighted by atomic mass is 9.81. The number of anilines is 3. The third-order valence-electron chi connectivity index (χ3n) is 11.7. The number of aryl methyl sites for hydroxylation is 2. The van der Waals surface area contributed by atoms with Crippen LogP contribution in [0.4, 0.5) is 17.1 Å². The summed E-state index contributed by atoms with van der Waals surface area (Å²) in [7, 11) is 0. The van der Waals surface area contributed by atoms with Crippen LogP contribution in [0.1, 0.15) is 22.3 Å². The zero-order valence-corrected chi connectivity index (χ0v) is 28.8. The highest BCUT2D eigenvalue weighted by atomic mass is 15.5. The highest BCUT2D eigenvalue weighted by molar-refractivity contribution is 6.13. The molecule has 0 saturated carbocycles. The summed E-state index contributed by atoms with van der Waals surface area (Å²) >= 11 is 0. The molecular weight excluding hydrogens is 635 g/mol. The first-order valence-corrected chi connectivity index (χ1v) is 18.0. The fourth-order valence-electron chi connectivity index (χ4n) is 9.86. The maximum absolute atomic E-state index is 2.53. The van der Waals surface area contributed by atoms with Crippen LogP contribution in [0.15, 0.2) is 164 Å². The van der Waals surface area contributed by atoms with E-state index in [1.807, 2.05) is 0 Å². The van der Waals surface area contributed by atoms with Gasteiger partial charge in [-0.3, -0.25) is 0 Å². The minimum atomic E-state index is -0.683. The number of benzene rings is 6. The van der Waals surface area contributed by atoms with Gasteiger partial charge in [-0.2, -0.15) is 9.13 Å². The van der Waals surface area contributed by atoms with Gasteiger partial charge in [-0.25, -0.2) is 0 Å². The van der Waals surface area contributed by atoms with Gasteiger partial charge in [-0.15, -0.1) is 4.68 Å². The molecule has 0 saturated heterocycles. The van der Waals surface area contributed by atoms with E-state index < -0.39 is 5.66 Å². The van der Waals surface area contributed by atoms with Crippen molar-refractivity contribution in [1.82, 2.24) is 9.25 Å². The molecule has 0 radical (unpaired) electrons. The van der Waals surface area contributed by atoms with Gasteiger partial charge in [0, 0.05) is 22.5 Å². The van der Waals surface area contributed by atoms with E-state index >= 15 is 0 Å². The lowest BCUT2D eigenvalue weighted by molar-refractivity contribution is -0.993. The molecule has 6 aromatic carbocycles. The van der Waals surface area contributed by atoms with E-state index in [1.54, 1.807) is 0 Å². The Morgan fingerprint density at radius 2 is 1.27 bits per heavy atom. The predicted octanol–water partition coefficient (Wildman–Crippen LogP) is 9.81. The van der Waals surface area contributed by atoms with Crippen LogP contribution in [0.25, 0.3) is 55.6 Å². The van der Waals surface area contributed by atoms with Crippen molar-refractivity contribution < 1.29 is 9.25 Å². The zero-order valence-electron chi connectivity index (χ0n) is 28.8. The number of rotatable bonds is 3. The Balaban J connectivity index is 1.23. The van der Waals surface area contributed by atoms with E-state index in [1.165, 1.54) is 83.4 Å². The Morgan fingerprint density at radius 1 is 0.558 bits per heavy atom. The number of fused-ring (bicyclic) bond motifs is 7. The molecule has 0 fully saturated rings. The Morgan fingerprint density at radius 3 is 2.10 bits per heavy atom. The number of hydrogen-bond donors (Lipinski definition) is 0. The third kappa shape index (κ3) is 3.25. The highest BCUT2D eigenvalue weighted by Crippen LogP contribution is 2.57. The summed E-state index contributed by atoms with van der Waals surface area (Å²) in [5.41, 5.74) is 16.6. The second-order valence-electron chi connectivity index (χ2n) is 14.4. The maximum Gasteiger partial charge on any atom is 0.394 e. The molecule has 1 spiro atoms. The van der Waals surface area contributed by atoms with Crippen LogP contribution >= 0.6 is 0 Å². The molecule has 6 heterocycles. The fourth-order valence-corrected chi connectivity index (χ4v) is 9.86. The van der Waals surface area contributed by atoms with Crippen LogP contribution < -0.4 is 14.1 Å². The molecular formula is C47H33N5+2. The Bertz CT molecular complexity index is 2970. The summed E-state index contributed by atoms with van der Waals surface area (Å²) in [5, 5.41) is 2.54. The van der Waals surface area contributed by atoms with Crippen LogP contribution in [0.3, 0.4) is 0 Å². The van der Waals surface area contributed by atoms with Gasteiger partial charge in [0.25, 0.3) is 5.82 Å². The van der Waals surface area contributed by atoms with Gasteiger partial charge in [0.05, 0.1) is 29.3 Å². The molecule has 5 nitrogen and oxygen atoms in total. The van der Waals surface area contributed by atoms with E-state index in [9.17, 15) is 0 Å². The summed E-state index contributed by atoms with van der Waals surface area (Å²) in [6.45, 7) is 4.51. The molecule has 1 unspecified atom stereocenters. The number of hydrogen-bond acceptors (Lipinski definition) is 1. The summed E-state index contributed by atoms with van der Waals surface area (Å²) < 4.78 is 9.96. The predicted molar refractivity (Wildman–Crippen MR) is 207 cm³/mol. The van der Waals surface area contributed by atoms with Gasteiger partial charge in [-0.1, -0.05) is 89.6 Å². The molecule has 9 aromatic rings. The average molecular weight is 668 g/mol. The Kier molecular flexibility index (Phi) is 5.25. The summed E-state index contributed by atoms with van der Waals surface area (Å²) in [5.74, 6) is 1.15. The minimum absolute atomic E-state index is 0.683. The molecule has 12 rings (SSSR count). The van der Waals surface area contributed by atoms with Gasteiger partial charge in [0.2, 0.25) is 6.20 Å². The van der Waals surface area contributed by atoms with Crippen LogP contribution in [0, 0.1) is 13.8 Å². The fraction of sp³-hybridized carbons (Fsp3) is 0.0638. The first kappa shape index (κ1) is 28.0. The summed E-state index contributed by atoms with van der Waals surface area (Å²) in [6.07, 6.45) is 7.05. The second-order valence-corrected chi connectivity index (χ2v) is 14.4. The average Bonchev–Trinajstić information content (AvgIpc) is 3.85. The van der Waals surface area contributed by atoms with Crippen molar-refractivity contribution in [2.24, 2.45) is 0 Å². The lowest BCUT2D eigenvalue weighted by Crippen LogP contribution is -2.77. The largest absolute Gasteiger partial charge is 0.394 e. The number of aromatic nitrogens is 4. The topological polar surface area (TPSA) is 20.9 Å². The van der Waals surface area contributed by atoms with E-state index in [4.69, 9.17) is 0 Å². The highest BCUT2D eigenvalue weighted by Gasteiger charge is 2.68. The van der Waals surface area contributed by atoms with Gasteiger partial charge < -0.3 is 4.90 Å². The van der Waals surface area contributed by atoms with E-state index in [2.05, 4.69) is 201 Å². The van der Waals surface area contributed by atoms with Gasteiger partial charge >= 0.3 is 5.66 Å². The molecule has 0 amide bonds. The number of nitrogens with zero attached hydrogens (tertiary/aromatic N) is 5. The van der Waals surface area contributed by atoms with Gasteiger partial charge in [0.15, 0.2) is 5.52 Å². The monoisotopic (exact) mass is 667 g/mol. The van der Waals surface area contributed by atoms with Crippen molar-refractivity contribution in [1.29, 1.82) is 0 Å². The van der Waals surface area contributed by atoms with E-state index in [0.717, 1.165) is 11.5 Å².